The van der Waals surface area contributed by atoms with E-state index in [4.69, 9.17) is 21.6 Å². The van der Waals surface area contributed by atoms with Gasteiger partial charge in [0.25, 0.3) is 5.91 Å². The van der Waals surface area contributed by atoms with Gasteiger partial charge in [0, 0.05) is 11.1 Å². The average molecular weight is 389 g/mol. The molecule has 132 valence electrons. The zero-order valence-corrected chi connectivity index (χ0v) is 15.4. The van der Waals surface area contributed by atoms with Gasteiger partial charge >= 0.3 is 5.97 Å². The number of methoxy groups -OCH3 is 1. The van der Waals surface area contributed by atoms with Gasteiger partial charge in [0.1, 0.15) is 16.7 Å². The second kappa shape index (κ2) is 6.83. The summed E-state index contributed by atoms with van der Waals surface area (Å²) in [6.07, 6.45) is -0.235. The van der Waals surface area contributed by atoms with E-state index in [2.05, 4.69) is 0 Å². The molecule has 3 rings (SSSR count). The molecular weight excluding hydrogens is 376 g/mol. The Balaban J connectivity index is 2.28. The van der Waals surface area contributed by atoms with Crippen LogP contribution < -0.4 is 4.74 Å². The second-order valence-electron chi connectivity index (χ2n) is 5.55. The number of aromatic nitrogens is 1. The molecule has 0 saturated heterocycles. The van der Waals surface area contributed by atoms with E-state index >= 15 is 0 Å². The first kappa shape index (κ1) is 18.0. The number of carboxylic acids is 1. The van der Waals surface area contributed by atoms with Crippen molar-refractivity contribution in [2.75, 3.05) is 7.11 Å². The summed E-state index contributed by atoms with van der Waals surface area (Å²) in [5.74, 6) is -0.938. The van der Waals surface area contributed by atoms with Gasteiger partial charge < -0.3 is 9.84 Å². The lowest BCUT2D eigenvalue weighted by molar-refractivity contribution is -0.136. The molecule has 1 aromatic carbocycles. The zero-order chi connectivity index (χ0) is 19.0. The first-order valence-electron chi connectivity index (χ1n) is 7.51. The summed E-state index contributed by atoms with van der Waals surface area (Å²) in [5.41, 5.74) is 1.54. The summed E-state index contributed by atoms with van der Waals surface area (Å²) >= 11 is 7.30. The third-order valence-electron chi connectivity index (χ3n) is 4.07. The minimum Gasteiger partial charge on any atom is -0.495 e. The van der Waals surface area contributed by atoms with E-state index in [1.165, 1.54) is 11.7 Å². The first-order chi connectivity index (χ1) is 12.4. The Hall–Kier alpha value is -2.82. The van der Waals surface area contributed by atoms with Crippen molar-refractivity contribution in [3.05, 3.63) is 50.3 Å². The van der Waals surface area contributed by atoms with Crippen LogP contribution >= 0.6 is 22.9 Å². The number of fused-ring (bicyclic) bond motifs is 1. The highest BCUT2D eigenvalue weighted by Gasteiger charge is 2.23. The molecule has 3 aromatic rings. The van der Waals surface area contributed by atoms with E-state index in [0.717, 1.165) is 11.3 Å². The quantitative estimate of drug-likeness (QED) is 0.732. The third-order valence-corrected chi connectivity index (χ3v) is 5.34. The molecular formula is C18H13ClN2O4S. The zero-order valence-electron chi connectivity index (χ0n) is 13.9. The molecule has 1 N–H and O–H groups in total. The number of hydrogen-bond donors (Lipinski definition) is 1. The number of rotatable bonds is 4. The van der Waals surface area contributed by atoms with E-state index in [1.807, 2.05) is 6.07 Å². The molecule has 2 heterocycles. The predicted octanol–water partition coefficient (Wildman–Crippen LogP) is 3.86. The maximum atomic E-state index is 13.0. The largest absolute Gasteiger partial charge is 0.495 e. The molecule has 0 radical (unpaired) electrons. The van der Waals surface area contributed by atoms with E-state index in [-0.39, 0.29) is 12.3 Å². The van der Waals surface area contributed by atoms with Crippen molar-refractivity contribution in [2.45, 2.75) is 13.3 Å². The van der Waals surface area contributed by atoms with Crippen LogP contribution in [0.5, 0.6) is 5.75 Å². The van der Waals surface area contributed by atoms with Crippen LogP contribution in [0.1, 0.15) is 25.8 Å². The Kier molecular flexibility index (Phi) is 4.72. The second-order valence-corrected chi connectivity index (χ2v) is 7.05. The Morgan fingerprint density at radius 1 is 1.38 bits per heavy atom. The lowest BCUT2D eigenvalue weighted by Crippen LogP contribution is -2.12. The van der Waals surface area contributed by atoms with Crippen LogP contribution in [-0.2, 0) is 11.2 Å². The Labute approximate surface area is 157 Å². The van der Waals surface area contributed by atoms with Crippen molar-refractivity contribution in [3.8, 4) is 11.8 Å². The summed E-state index contributed by atoms with van der Waals surface area (Å²) in [4.78, 5) is 25.1. The number of thiophene rings is 1. The van der Waals surface area contributed by atoms with Gasteiger partial charge in [-0.05, 0) is 36.8 Å². The Bertz CT molecular complexity index is 1090. The van der Waals surface area contributed by atoms with Crippen LogP contribution in [0.15, 0.2) is 24.3 Å². The fourth-order valence-electron chi connectivity index (χ4n) is 2.90. The molecule has 0 fully saturated rings. The molecule has 0 bridgehead atoms. The SMILES string of the molecule is COc1cc2c(CC(=O)O)c(C)n(C(=O)c3ccc(C#N)s3)c2cc1Cl. The number of carbonyl (C=O) groups excluding carboxylic acids is 1. The fraction of sp³-hybridized carbons (Fsp3) is 0.167. The average Bonchev–Trinajstić information content (AvgIpc) is 3.17. The third kappa shape index (κ3) is 2.94. The molecule has 0 aliphatic carbocycles. The molecule has 0 spiro atoms. The lowest BCUT2D eigenvalue weighted by Gasteiger charge is -2.07. The van der Waals surface area contributed by atoms with Crippen LogP contribution in [-0.4, -0.2) is 28.7 Å². The molecule has 8 heteroatoms. The number of carbonyl (C=O) groups is 2. The topological polar surface area (TPSA) is 92.3 Å². The number of halogens is 1. The molecule has 2 aromatic heterocycles. The van der Waals surface area contributed by atoms with Crippen LogP contribution in [0.4, 0.5) is 0 Å². The highest BCUT2D eigenvalue weighted by atomic mass is 35.5. The summed E-state index contributed by atoms with van der Waals surface area (Å²) in [6, 6.07) is 8.39. The van der Waals surface area contributed by atoms with E-state index in [0.29, 0.717) is 42.7 Å². The van der Waals surface area contributed by atoms with Crippen molar-refractivity contribution in [1.29, 1.82) is 5.26 Å². The van der Waals surface area contributed by atoms with Crippen LogP contribution in [0.2, 0.25) is 5.02 Å². The smallest absolute Gasteiger partial charge is 0.307 e. The number of nitrogens with zero attached hydrogens (tertiary/aromatic N) is 2. The van der Waals surface area contributed by atoms with Gasteiger partial charge in [-0.2, -0.15) is 5.26 Å². The van der Waals surface area contributed by atoms with E-state index < -0.39 is 5.97 Å². The maximum absolute atomic E-state index is 13.0. The molecule has 0 aliphatic rings. The van der Waals surface area contributed by atoms with Crippen molar-refractivity contribution in [2.24, 2.45) is 0 Å². The molecule has 0 amide bonds. The summed E-state index contributed by atoms with van der Waals surface area (Å²) in [5, 5.41) is 19.1. The van der Waals surface area contributed by atoms with Crippen LogP contribution in [0.3, 0.4) is 0 Å². The van der Waals surface area contributed by atoms with Crippen molar-refractivity contribution >= 4 is 45.7 Å². The summed E-state index contributed by atoms with van der Waals surface area (Å²) < 4.78 is 6.65. The molecule has 6 nitrogen and oxygen atoms in total. The highest BCUT2D eigenvalue weighted by molar-refractivity contribution is 7.14. The molecule has 26 heavy (non-hydrogen) atoms. The van der Waals surface area contributed by atoms with Gasteiger partial charge in [0.15, 0.2) is 0 Å². The van der Waals surface area contributed by atoms with Crippen molar-refractivity contribution in [1.82, 2.24) is 4.57 Å². The number of ether oxygens (including phenoxy) is 1. The maximum Gasteiger partial charge on any atom is 0.307 e. The lowest BCUT2D eigenvalue weighted by atomic mass is 10.1. The number of aliphatic carboxylic acids is 1. The van der Waals surface area contributed by atoms with Gasteiger partial charge in [-0.15, -0.1) is 11.3 Å². The van der Waals surface area contributed by atoms with Gasteiger partial charge in [-0.25, -0.2) is 0 Å². The normalized spacial score (nSPS) is 10.7. The molecule has 0 unspecified atom stereocenters. The summed E-state index contributed by atoms with van der Waals surface area (Å²) in [7, 11) is 1.47. The number of benzene rings is 1. The number of carboxylic acid groups (broad SMARTS) is 1. The number of hydrogen-bond acceptors (Lipinski definition) is 5. The van der Waals surface area contributed by atoms with Crippen molar-refractivity contribution in [3.63, 3.8) is 0 Å². The molecule has 0 aliphatic heterocycles. The fourth-order valence-corrected chi connectivity index (χ4v) is 3.86. The standard InChI is InChI=1S/C18H13ClN2O4S/c1-9-11(6-17(22)23)12-5-15(25-2)13(19)7-14(12)21(9)18(24)16-4-3-10(8-20)26-16/h3-5,7H,6H2,1-2H3,(H,22,23). The Morgan fingerprint density at radius 2 is 2.12 bits per heavy atom. The van der Waals surface area contributed by atoms with Crippen LogP contribution in [0.25, 0.3) is 10.9 Å². The van der Waals surface area contributed by atoms with E-state index in [9.17, 15) is 14.7 Å². The summed E-state index contributed by atoms with van der Waals surface area (Å²) in [6.45, 7) is 1.69. The monoisotopic (exact) mass is 388 g/mol. The molecule has 0 atom stereocenters. The van der Waals surface area contributed by atoms with Gasteiger partial charge in [0.2, 0.25) is 0 Å². The minimum atomic E-state index is -1.00. The van der Waals surface area contributed by atoms with E-state index in [1.54, 1.807) is 31.2 Å². The minimum absolute atomic E-state index is 0.235. The Morgan fingerprint density at radius 3 is 2.69 bits per heavy atom. The predicted molar refractivity (Wildman–Crippen MR) is 98.3 cm³/mol. The first-order valence-corrected chi connectivity index (χ1v) is 8.70. The van der Waals surface area contributed by atoms with Crippen molar-refractivity contribution < 1.29 is 19.4 Å². The molecule has 0 saturated carbocycles. The van der Waals surface area contributed by atoms with Gasteiger partial charge in [-0.1, -0.05) is 11.6 Å². The van der Waals surface area contributed by atoms with Gasteiger partial charge in [-0.3, -0.25) is 14.2 Å². The highest BCUT2D eigenvalue weighted by Crippen LogP contribution is 2.35. The van der Waals surface area contributed by atoms with Gasteiger partial charge in [0.05, 0.1) is 28.9 Å². The van der Waals surface area contributed by atoms with Crippen LogP contribution in [0, 0.1) is 18.3 Å². The number of nitriles is 1.